The average Bonchev–Trinajstić information content (AvgIpc) is 2.52. The van der Waals surface area contributed by atoms with Crippen LogP contribution in [0.5, 0.6) is 0 Å². The van der Waals surface area contributed by atoms with Crippen LogP contribution in [-0.4, -0.2) is 54.3 Å². The smallest absolute Gasteiger partial charge is 0.240 e. The lowest BCUT2D eigenvalue weighted by atomic mass is 10.1. The van der Waals surface area contributed by atoms with E-state index in [1.165, 1.54) is 0 Å². The number of carbonyl (C=O) groups is 2. The molecule has 0 aliphatic carbocycles. The van der Waals surface area contributed by atoms with Gasteiger partial charge in [-0.2, -0.15) is 0 Å². The van der Waals surface area contributed by atoms with E-state index in [0.717, 1.165) is 5.56 Å². The first kappa shape index (κ1) is 16.2. The second kappa shape index (κ2) is 7.75. The molecule has 118 valence electrons. The predicted molar refractivity (Wildman–Crippen MR) is 86.1 cm³/mol. The fourth-order valence-electron chi connectivity index (χ4n) is 2.56. The third-order valence-corrected chi connectivity index (χ3v) is 3.80. The van der Waals surface area contributed by atoms with Crippen LogP contribution in [0.15, 0.2) is 43.0 Å². The number of carbonyl (C=O) groups excluding carboxylic acids is 2. The Morgan fingerprint density at radius 2 is 2.18 bits per heavy atom. The largest absolute Gasteiger partial charge is 0.341 e. The molecule has 1 heterocycles. The maximum atomic E-state index is 12.3. The second-order valence-corrected chi connectivity index (χ2v) is 5.52. The Hall–Kier alpha value is -2.14. The zero-order valence-corrected chi connectivity index (χ0v) is 13.0. The molecule has 1 fully saturated rings. The number of nitrogens with one attached hydrogen (secondary N) is 1. The van der Waals surface area contributed by atoms with Crippen LogP contribution in [-0.2, 0) is 16.1 Å². The third-order valence-electron chi connectivity index (χ3n) is 3.80. The van der Waals surface area contributed by atoms with Gasteiger partial charge in [-0.1, -0.05) is 36.4 Å². The van der Waals surface area contributed by atoms with Crippen molar-refractivity contribution in [2.45, 2.75) is 19.0 Å². The topological polar surface area (TPSA) is 52.7 Å². The minimum atomic E-state index is -0.431. The first-order valence-corrected chi connectivity index (χ1v) is 7.52. The van der Waals surface area contributed by atoms with Gasteiger partial charge in [0.2, 0.25) is 11.8 Å². The number of hydrogen-bond acceptors (Lipinski definition) is 3. The Kier molecular flexibility index (Phi) is 5.72. The molecule has 0 aromatic heterocycles. The van der Waals surface area contributed by atoms with Crippen molar-refractivity contribution in [3.63, 3.8) is 0 Å². The summed E-state index contributed by atoms with van der Waals surface area (Å²) in [4.78, 5) is 28.0. The van der Waals surface area contributed by atoms with E-state index in [1.54, 1.807) is 22.9 Å². The highest BCUT2D eigenvalue weighted by atomic mass is 16.2. The summed E-state index contributed by atoms with van der Waals surface area (Å²) in [6.07, 6.45) is 1.90. The van der Waals surface area contributed by atoms with Gasteiger partial charge in [0.25, 0.3) is 0 Å². The van der Waals surface area contributed by atoms with Crippen LogP contribution in [0, 0.1) is 0 Å². The zero-order valence-electron chi connectivity index (χ0n) is 13.0. The van der Waals surface area contributed by atoms with Crippen molar-refractivity contribution >= 4 is 11.8 Å². The van der Waals surface area contributed by atoms with Crippen LogP contribution < -0.4 is 5.32 Å². The highest BCUT2D eigenvalue weighted by Crippen LogP contribution is 2.09. The molecule has 5 heteroatoms. The van der Waals surface area contributed by atoms with Crippen molar-refractivity contribution in [2.24, 2.45) is 0 Å². The summed E-state index contributed by atoms with van der Waals surface area (Å²) >= 11 is 0. The SMILES string of the molecule is C=CCN1CCNC(CC(=O)N(C)Cc2ccccc2)C1=O. The van der Waals surface area contributed by atoms with Gasteiger partial charge in [0.1, 0.15) is 0 Å². The van der Waals surface area contributed by atoms with Gasteiger partial charge >= 0.3 is 0 Å². The first-order valence-electron chi connectivity index (χ1n) is 7.52. The molecule has 1 saturated heterocycles. The fourth-order valence-corrected chi connectivity index (χ4v) is 2.56. The highest BCUT2D eigenvalue weighted by Gasteiger charge is 2.30. The fraction of sp³-hybridized carbons (Fsp3) is 0.412. The van der Waals surface area contributed by atoms with E-state index in [-0.39, 0.29) is 18.2 Å². The van der Waals surface area contributed by atoms with Gasteiger partial charge in [0, 0.05) is 33.2 Å². The van der Waals surface area contributed by atoms with Gasteiger partial charge in [-0.15, -0.1) is 6.58 Å². The summed E-state index contributed by atoms with van der Waals surface area (Å²) in [5, 5.41) is 3.13. The maximum Gasteiger partial charge on any atom is 0.240 e. The zero-order chi connectivity index (χ0) is 15.9. The highest BCUT2D eigenvalue weighted by molar-refractivity contribution is 5.89. The molecule has 1 aliphatic heterocycles. The van der Waals surface area contributed by atoms with Crippen LogP contribution in [0.25, 0.3) is 0 Å². The lowest BCUT2D eigenvalue weighted by Gasteiger charge is -2.33. The minimum Gasteiger partial charge on any atom is -0.341 e. The summed E-state index contributed by atoms with van der Waals surface area (Å²) in [5.74, 6) is -0.0530. The Morgan fingerprint density at radius 3 is 2.86 bits per heavy atom. The van der Waals surface area contributed by atoms with Crippen LogP contribution in [0.2, 0.25) is 0 Å². The molecule has 1 unspecified atom stereocenters. The summed E-state index contributed by atoms with van der Waals surface area (Å²) in [5.41, 5.74) is 1.08. The minimum absolute atomic E-state index is 0.0207. The molecule has 0 radical (unpaired) electrons. The molecule has 1 aromatic carbocycles. The van der Waals surface area contributed by atoms with E-state index in [0.29, 0.717) is 26.2 Å². The Labute approximate surface area is 131 Å². The maximum absolute atomic E-state index is 12.3. The van der Waals surface area contributed by atoms with Gasteiger partial charge < -0.3 is 15.1 Å². The van der Waals surface area contributed by atoms with E-state index in [9.17, 15) is 9.59 Å². The Bertz CT molecular complexity index is 530. The molecule has 0 spiro atoms. The summed E-state index contributed by atoms with van der Waals surface area (Å²) in [6, 6.07) is 9.39. The van der Waals surface area contributed by atoms with Gasteiger partial charge in [-0.3, -0.25) is 9.59 Å². The predicted octanol–water partition coefficient (Wildman–Crippen LogP) is 1.02. The molecular weight excluding hydrogens is 278 g/mol. The lowest BCUT2D eigenvalue weighted by molar-refractivity contribution is -0.140. The van der Waals surface area contributed by atoms with E-state index in [2.05, 4.69) is 11.9 Å². The van der Waals surface area contributed by atoms with E-state index < -0.39 is 6.04 Å². The molecule has 2 amide bonds. The van der Waals surface area contributed by atoms with Crippen molar-refractivity contribution in [3.8, 4) is 0 Å². The van der Waals surface area contributed by atoms with Crippen LogP contribution in [0.3, 0.4) is 0 Å². The summed E-state index contributed by atoms with van der Waals surface area (Å²) < 4.78 is 0. The summed E-state index contributed by atoms with van der Waals surface area (Å²) in [7, 11) is 1.77. The number of rotatable bonds is 6. The quantitative estimate of drug-likeness (QED) is 0.798. The molecule has 5 nitrogen and oxygen atoms in total. The second-order valence-electron chi connectivity index (χ2n) is 5.52. The normalized spacial score (nSPS) is 18.1. The monoisotopic (exact) mass is 301 g/mol. The van der Waals surface area contributed by atoms with Crippen LogP contribution in [0.1, 0.15) is 12.0 Å². The molecule has 1 aromatic rings. The number of nitrogens with zero attached hydrogens (tertiary/aromatic N) is 2. The molecule has 1 N–H and O–H groups in total. The molecule has 1 aliphatic rings. The Balaban J connectivity index is 1.90. The van der Waals surface area contributed by atoms with Crippen molar-refractivity contribution < 1.29 is 9.59 Å². The van der Waals surface area contributed by atoms with Gasteiger partial charge in [-0.25, -0.2) is 0 Å². The number of piperazine rings is 1. The van der Waals surface area contributed by atoms with Gasteiger partial charge in [-0.05, 0) is 5.56 Å². The van der Waals surface area contributed by atoms with Crippen molar-refractivity contribution in [3.05, 3.63) is 48.6 Å². The average molecular weight is 301 g/mol. The van der Waals surface area contributed by atoms with E-state index >= 15 is 0 Å². The van der Waals surface area contributed by atoms with Crippen LogP contribution in [0.4, 0.5) is 0 Å². The Morgan fingerprint density at radius 1 is 1.45 bits per heavy atom. The standard InChI is InChI=1S/C17H23N3O2/c1-3-10-20-11-9-18-15(17(20)22)12-16(21)19(2)13-14-7-5-4-6-8-14/h3-8,15,18H,1,9-13H2,2H3. The summed E-state index contributed by atoms with van der Waals surface area (Å²) in [6.45, 7) is 6.12. The van der Waals surface area contributed by atoms with Crippen LogP contribution >= 0.6 is 0 Å². The molecule has 1 atom stereocenters. The number of benzene rings is 1. The van der Waals surface area contributed by atoms with E-state index in [4.69, 9.17) is 0 Å². The number of hydrogen-bond donors (Lipinski definition) is 1. The molecule has 2 rings (SSSR count). The molecule has 22 heavy (non-hydrogen) atoms. The molecular formula is C17H23N3O2. The lowest BCUT2D eigenvalue weighted by Crippen LogP contribution is -2.56. The molecule has 0 saturated carbocycles. The van der Waals surface area contributed by atoms with Gasteiger partial charge in [0.05, 0.1) is 12.5 Å². The van der Waals surface area contributed by atoms with Crippen molar-refractivity contribution in [2.75, 3.05) is 26.7 Å². The third kappa shape index (κ3) is 4.18. The first-order chi connectivity index (χ1) is 10.6. The van der Waals surface area contributed by atoms with E-state index in [1.807, 2.05) is 30.3 Å². The number of amides is 2. The van der Waals surface area contributed by atoms with Crippen molar-refractivity contribution in [1.29, 1.82) is 0 Å². The van der Waals surface area contributed by atoms with Crippen molar-refractivity contribution in [1.82, 2.24) is 15.1 Å². The molecule has 0 bridgehead atoms. The van der Waals surface area contributed by atoms with Gasteiger partial charge in [0.15, 0.2) is 0 Å².